The van der Waals surface area contributed by atoms with Crippen LogP contribution in [0.25, 0.3) is 0 Å². The molecule has 1 aromatic heterocycles. The summed E-state index contributed by atoms with van der Waals surface area (Å²) in [6.07, 6.45) is 4.04. The number of piperidine rings is 3. The van der Waals surface area contributed by atoms with Gasteiger partial charge in [0.2, 0.25) is 5.91 Å². The van der Waals surface area contributed by atoms with Gasteiger partial charge in [-0.3, -0.25) is 14.4 Å². The van der Waals surface area contributed by atoms with Crippen LogP contribution in [0.5, 0.6) is 0 Å². The number of para-hydroxylation sites is 1. The van der Waals surface area contributed by atoms with Crippen molar-refractivity contribution in [1.82, 2.24) is 19.9 Å². The van der Waals surface area contributed by atoms with Gasteiger partial charge in [0.15, 0.2) is 0 Å². The normalized spacial score (nSPS) is 28.0. The van der Waals surface area contributed by atoms with Gasteiger partial charge in [0.05, 0.1) is 18.2 Å². The van der Waals surface area contributed by atoms with E-state index in [9.17, 15) is 4.79 Å². The first-order chi connectivity index (χ1) is 12.2. The molecule has 0 saturated carbocycles. The number of nitrogens with one attached hydrogen (secondary N) is 1. The van der Waals surface area contributed by atoms with Crippen LogP contribution in [0.15, 0.2) is 36.5 Å². The summed E-state index contributed by atoms with van der Waals surface area (Å²) in [4.78, 5) is 15.1. The molecule has 4 atom stereocenters. The molecule has 1 amide bonds. The Bertz CT molecular complexity index is 730. The number of carbonyl (C=O) groups is 1. The Kier molecular flexibility index (Phi) is 4.50. The van der Waals surface area contributed by atoms with Gasteiger partial charge in [0, 0.05) is 31.0 Å². The highest BCUT2D eigenvalue weighted by atomic mass is 16.2. The second kappa shape index (κ2) is 6.93. The predicted octanol–water partition coefficient (Wildman–Crippen LogP) is 1.09. The molecule has 3 fully saturated rings. The highest BCUT2D eigenvalue weighted by molar-refractivity contribution is 5.93. The van der Waals surface area contributed by atoms with Crippen molar-refractivity contribution in [3.05, 3.63) is 42.2 Å². The predicted molar refractivity (Wildman–Crippen MR) is 94.6 cm³/mol. The lowest BCUT2D eigenvalue weighted by atomic mass is 9.75. The third-order valence-electron chi connectivity index (χ3n) is 5.45. The molecule has 3 aliphatic rings. The summed E-state index contributed by atoms with van der Waals surface area (Å²) >= 11 is 0. The first-order valence-corrected chi connectivity index (χ1v) is 8.92. The molecule has 3 aliphatic heterocycles. The minimum atomic E-state index is 0.0700. The highest BCUT2D eigenvalue weighted by Gasteiger charge is 2.43. The van der Waals surface area contributed by atoms with Crippen molar-refractivity contribution in [1.29, 1.82) is 0 Å². The number of anilines is 1. The Morgan fingerprint density at radius 2 is 2.16 bits per heavy atom. The van der Waals surface area contributed by atoms with Gasteiger partial charge in [0.25, 0.3) is 0 Å². The van der Waals surface area contributed by atoms with Gasteiger partial charge in [-0.05, 0) is 37.4 Å². The molecule has 3 saturated heterocycles. The fraction of sp³-hybridized carbons (Fsp3) is 0.500. The topological polar surface area (TPSA) is 89.1 Å². The molecule has 3 N–H and O–H groups in total. The second-order valence-corrected chi connectivity index (χ2v) is 7.03. The smallest absolute Gasteiger partial charge is 0.229 e. The number of nitrogens with zero attached hydrogens (tertiary/aromatic N) is 4. The number of hydrogen-bond donors (Lipinski definition) is 2. The maximum Gasteiger partial charge on any atom is 0.229 e. The average Bonchev–Trinajstić information content (AvgIpc) is 3.10. The molecule has 2 bridgehead atoms. The second-order valence-electron chi connectivity index (χ2n) is 7.03. The van der Waals surface area contributed by atoms with Crippen LogP contribution in [0.2, 0.25) is 0 Å². The van der Waals surface area contributed by atoms with Crippen LogP contribution in [0, 0.1) is 11.8 Å². The lowest BCUT2D eigenvalue weighted by molar-refractivity contribution is -0.127. The van der Waals surface area contributed by atoms with E-state index < -0.39 is 0 Å². The van der Waals surface area contributed by atoms with Crippen LogP contribution in [0.1, 0.15) is 18.5 Å². The number of aromatic nitrogens is 3. The van der Waals surface area contributed by atoms with Crippen molar-refractivity contribution in [2.75, 3.05) is 18.4 Å². The Hall–Kier alpha value is -2.25. The van der Waals surface area contributed by atoms with Crippen molar-refractivity contribution < 1.29 is 4.79 Å². The number of amides is 1. The number of carbonyl (C=O) groups excluding carboxylic acids is 1. The third-order valence-corrected chi connectivity index (χ3v) is 5.45. The van der Waals surface area contributed by atoms with E-state index in [0.717, 1.165) is 43.9 Å². The number of hydrogen-bond acceptors (Lipinski definition) is 5. The van der Waals surface area contributed by atoms with Crippen LogP contribution in [0.4, 0.5) is 5.69 Å². The lowest BCUT2D eigenvalue weighted by Gasteiger charge is -2.49. The first kappa shape index (κ1) is 16.2. The molecule has 0 aliphatic carbocycles. The van der Waals surface area contributed by atoms with Crippen molar-refractivity contribution in [3.8, 4) is 0 Å². The fourth-order valence-electron chi connectivity index (χ4n) is 4.12. The van der Waals surface area contributed by atoms with Crippen LogP contribution in [-0.2, 0) is 17.9 Å². The van der Waals surface area contributed by atoms with E-state index in [0.29, 0.717) is 18.5 Å². The zero-order valence-corrected chi connectivity index (χ0v) is 14.2. The maximum atomic E-state index is 12.7. The van der Waals surface area contributed by atoms with Gasteiger partial charge in [-0.2, -0.15) is 0 Å². The lowest BCUT2D eigenvalue weighted by Crippen LogP contribution is -2.57. The molecule has 7 nitrogen and oxygen atoms in total. The molecular weight excluding hydrogens is 316 g/mol. The van der Waals surface area contributed by atoms with Crippen molar-refractivity contribution in [3.63, 3.8) is 0 Å². The van der Waals surface area contributed by atoms with Crippen molar-refractivity contribution in [2.24, 2.45) is 17.6 Å². The van der Waals surface area contributed by atoms with E-state index in [1.54, 1.807) is 0 Å². The molecule has 1 aromatic carbocycles. The summed E-state index contributed by atoms with van der Waals surface area (Å²) in [7, 11) is 0. The van der Waals surface area contributed by atoms with Crippen LogP contribution < -0.4 is 11.1 Å². The van der Waals surface area contributed by atoms with Crippen molar-refractivity contribution >= 4 is 11.6 Å². The Morgan fingerprint density at radius 3 is 2.84 bits per heavy atom. The largest absolute Gasteiger partial charge is 0.326 e. The Morgan fingerprint density at radius 1 is 1.32 bits per heavy atom. The summed E-state index contributed by atoms with van der Waals surface area (Å²) in [6, 6.07) is 10.1. The zero-order valence-electron chi connectivity index (χ0n) is 14.2. The van der Waals surface area contributed by atoms with E-state index in [4.69, 9.17) is 5.73 Å². The summed E-state index contributed by atoms with van der Waals surface area (Å²) in [5.41, 5.74) is 7.29. The van der Waals surface area contributed by atoms with Crippen LogP contribution in [0.3, 0.4) is 0 Å². The Labute approximate surface area is 147 Å². The van der Waals surface area contributed by atoms with Gasteiger partial charge in [-0.1, -0.05) is 23.4 Å². The molecule has 4 heterocycles. The molecular formula is C18H24N6O. The fourth-order valence-corrected chi connectivity index (χ4v) is 4.12. The van der Waals surface area contributed by atoms with E-state index >= 15 is 0 Å². The van der Waals surface area contributed by atoms with Crippen molar-refractivity contribution in [2.45, 2.75) is 32.0 Å². The molecule has 2 unspecified atom stereocenters. The zero-order chi connectivity index (χ0) is 17.2. The summed E-state index contributed by atoms with van der Waals surface area (Å²) in [5.74, 6) is 0.655. The van der Waals surface area contributed by atoms with Gasteiger partial charge in [-0.25, -0.2) is 0 Å². The van der Waals surface area contributed by atoms with Gasteiger partial charge >= 0.3 is 0 Å². The summed E-state index contributed by atoms with van der Waals surface area (Å²) in [5, 5.41) is 11.3. The van der Waals surface area contributed by atoms with Crippen LogP contribution >= 0.6 is 0 Å². The van der Waals surface area contributed by atoms with E-state index in [1.807, 2.05) is 41.2 Å². The SMILES string of the molecule is NCc1cn(C[C@H]2CC3CCN2C[C@@H]3C(=O)Nc2ccccc2)nn1. The number of benzene rings is 1. The standard InChI is InChI=1S/C18H24N6O/c19-9-15-10-24(22-21-15)11-16-8-13-6-7-23(16)12-17(13)18(25)20-14-4-2-1-3-5-14/h1-5,10,13,16-17H,6-9,11-12,19H2,(H,20,25)/t13?,16-,17+/m1/s1. The molecule has 7 heteroatoms. The van der Waals surface area contributed by atoms with Gasteiger partial charge in [-0.15, -0.1) is 5.10 Å². The van der Waals surface area contributed by atoms with Gasteiger partial charge < -0.3 is 11.1 Å². The molecule has 25 heavy (non-hydrogen) atoms. The first-order valence-electron chi connectivity index (χ1n) is 8.92. The molecule has 5 rings (SSSR count). The van der Waals surface area contributed by atoms with E-state index in [-0.39, 0.29) is 11.8 Å². The monoisotopic (exact) mass is 340 g/mol. The average molecular weight is 340 g/mol. The minimum absolute atomic E-state index is 0.0700. The molecule has 0 spiro atoms. The van der Waals surface area contributed by atoms with E-state index in [1.165, 1.54) is 0 Å². The maximum absolute atomic E-state index is 12.7. The van der Waals surface area contributed by atoms with Gasteiger partial charge in [0.1, 0.15) is 0 Å². The number of rotatable bonds is 5. The molecule has 2 aromatic rings. The number of fused-ring (bicyclic) bond motifs is 3. The van der Waals surface area contributed by atoms with E-state index in [2.05, 4.69) is 20.5 Å². The third kappa shape index (κ3) is 3.43. The van der Waals surface area contributed by atoms with Crippen LogP contribution in [-0.4, -0.2) is 44.9 Å². The summed E-state index contributed by atoms with van der Waals surface area (Å²) < 4.78 is 1.88. The minimum Gasteiger partial charge on any atom is -0.326 e. The molecule has 0 radical (unpaired) electrons. The molecule has 132 valence electrons. The summed E-state index contributed by atoms with van der Waals surface area (Å²) in [6.45, 7) is 3.12. The number of nitrogens with two attached hydrogens (primary N) is 1. The highest BCUT2D eigenvalue weighted by Crippen LogP contribution is 2.37. The quantitative estimate of drug-likeness (QED) is 0.850. The Balaban J connectivity index is 1.38.